The van der Waals surface area contributed by atoms with Gasteiger partial charge in [0, 0.05) is 6.54 Å². The number of aryl methyl sites for hydroxylation is 1. The van der Waals surface area contributed by atoms with Gasteiger partial charge >= 0.3 is 0 Å². The van der Waals surface area contributed by atoms with E-state index in [-0.39, 0.29) is 25.0 Å². The van der Waals surface area contributed by atoms with Crippen molar-refractivity contribution in [2.45, 2.75) is 20.3 Å². The zero-order chi connectivity index (χ0) is 15.7. The molecule has 0 unspecified atom stereocenters. The maximum atomic E-state index is 11.6. The highest BCUT2D eigenvalue weighted by atomic mass is 16.5. The predicted octanol–water partition coefficient (Wildman–Crippen LogP) is 1.02. The number of methoxy groups -OCH3 is 1. The van der Waals surface area contributed by atoms with Gasteiger partial charge in [0.15, 0.2) is 18.1 Å². The molecule has 0 aliphatic rings. The first-order valence-corrected chi connectivity index (χ1v) is 6.87. The van der Waals surface area contributed by atoms with Gasteiger partial charge in [0.2, 0.25) is 5.91 Å². The first kappa shape index (κ1) is 16.8. The van der Waals surface area contributed by atoms with E-state index in [0.717, 1.165) is 12.0 Å². The van der Waals surface area contributed by atoms with Gasteiger partial charge in [0.25, 0.3) is 5.91 Å². The monoisotopic (exact) mass is 294 g/mol. The maximum Gasteiger partial charge on any atom is 0.258 e. The van der Waals surface area contributed by atoms with Crippen LogP contribution in [0.3, 0.4) is 0 Å². The van der Waals surface area contributed by atoms with Gasteiger partial charge in [-0.3, -0.25) is 9.59 Å². The Hall–Kier alpha value is -2.24. The summed E-state index contributed by atoms with van der Waals surface area (Å²) >= 11 is 0. The third kappa shape index (κ3) is 6.16. The highest BCUT2D eigenvalue weighted by molar-refractivity contribution is 5.85. The molecule has 6 heteroatoms. The molecule has 0 aliphatic carbocycles. The number of ether oxygens (including phenoxy) is 2. The molecule has 1 aromatic carbocycles. The summed E-state index contributed by atoms with van der Waals surface area (Å²) < 4.78 is 10.6. The van der Waals surface area contributed by atoms with Gasteiger partial charge in [-0.1, -0.05) is 13.0 Å². The van der Waals surface area contributed by atoms with Crippen molar-refractivity contribution in [2.24, 2.45) is 0 Å². The Morgan fingerprint density at radius 2 is 1.90 bits per heavy atom. The van der Waals surface area contributed by atoms with Crippen molar-refractivity contribution in [3.8, 4) is 11.5 Å². The van der Waals surface area contributed by atoms with Crippen LogP contribution >= 0.6 is 0 Å². The van der Waals surface area contributed by atoms with Crippen molar-refractivity contribution >= 4 is 11.8 Å². The van der Waals surface area contributed by atoms with E-state index in [2.05, 4.69) is 10.6 Å². The van der Waals surface area contributed by atoms with Gasteiger partial charge in [0.05, 0.1) is 13.7 Å². The Morgan fingerprint density at radius 1 is 1.14 bits per heavy atom. The topological polar surface area (TPSA) is 76.7 Å². The summed E-state index contributed by atoms with van der Waals surface area (Å²) in [5, 5.41) is 5.17. The van der Waals surface area contributed by atoms with Crippen LogP contribution < -0.4 is 20.1 Å². The van der Waals surface area contributed by atoms with E-state index >= 15 is 0 Å². The highest BCUT2D eigenvalue weighted by Gasteiger charge is 2.09. The third-order valence-corrected chi connectivity index (χ3v) is 2.70. The standard InChI is InChI=1S/C15H22N2O4/c1-4-7-16-14(18)9-17-15(19)10-21-12-6-5-11(2)8-13(12)20-3/h5-6,8H,4,7,9-10H2,1-3H3,(H,16,18)(H,17,19). The molecule has 0 radical (unpaired) electrons. The highest BCUT2D eigenvalue weighted by Crippen LogP contribution is 2.27. The molecule has 1 rings (SSSR count). The average Bonchev–Trinajstić information content (AvgIpc) is 2.49. The van der Waals surface area contributed by atoms with E-state index in [1.807, 2.05) is 26.0 Å². The van der Waals surface area contributed by atoms with E-state index < -0.39 is 0 Å². The van der Waals surface area contributed by atoms with Gasteiger partial charge in [-0.2, -0.15) is 0 Å². The summed E-state index contributed by atoms with van der Waals surface area (Å²) in [5.74, 6) is 0.500. The summed E-state index contributed by atoms with van der Waals surface area (Å²) in [6.07, 6.45) is 0.857. The molecule has 6 nitrogen and oxygen atoms in total. The molecule has 116 valence electrons. The van der Waals surface area contributed by atoms with Crippen LogP contribution in [0.5, 0.6) is 11.5 Å². The van der Waals surface area contributed by atoms with Crippen LogP contribution in [0.15, 0.2) is 18.2 Å². The molecule has 0 saturated heterocycles. The Labute approximate surface area is 124 Å². The Morgan fingerprint density at radius 3 is 2.57 bits per heavy atom. The number of hydrogen-bond acceptors (Lipinski definition) is 4. The van der Waals surface area contributed by atoms with E-state index in [1.54, 1.807) is 13.2 Å². The molecule has 21 heavy (non-hydrogen) atoms. The number of hydrogen-bond donors (Lipinski definition) is 2. The van der Waals surface area contributed by atoms with Crippen molar-refractivity contribution in [3.63, 3.8) is 0 Å². The summed E-state index contributed by atoms with van der Waals surface area (Å²) in [4.78, 5) is 22.9. The molecule has 0 aliphatic heterocycles. The molecule has 2 N–H and O–H groups in total. The zero-order valence-electron chi connectivity index (χ0n) is 12.7. The van der Waals surface area contributed by atoms with Gasteiger partial charge in [0.1, 0.15) is 0 Å². The molecule has 0 spiro atoms. The Bertz CT molecular complexity index is 489. The van der Waals surface area contributed by atoms with E-state index in [0.29, 0.717) is 18.0 Å². The lowest BCUT2D eigenvalue weighted by molar-refractivity contribution is -0.127. The minimum absolute atomic E-state index is 0.0484. The largest absolute Gasteiger partial charge is 0.493 e. The molecule has 2 amide bonds. The second kappa shape index (κ2) is 8.84. The molecule has 0 bridgehead atoms. The fourth-order valence-corrected chi connectivity index (χ4v) is 1.59. The second-order valence-electron chi connectivity index (χ2n) is 4.57. The van der Waals surface area contributed by atoms with Crippen molar-refractivity contribution in [2.75, 3.05) is 26.8 Å². The zero-order valence-corrected chi connectivity index (χ0v) is 12.7. The lowest BCUT2D eigenvalue weighted by Crippen LogP contribution is -2.39. The van der Waals surface area contributed by atoms with Crippen LogP contribution in [-0.2, 0) is 9.59 Å². The number of rotatable bonds is 8. The number of nitrogens with one attached hydrogen (secondary N) is 2. The minimum Gasteiger partial charge on any atom is -0.493 e. The van der Waals surface area contributed by atoms with Crippen molar-refractivity contribution in [1.29, 1.82) is 0 Å². The smallest absolute Gasteiger partial charge is 0.258 e. The molecule has 1 aromatic rings. The van der Waals surface area contributed by atoms with Gasteiger partial charge in [-0.25, -0.2) is 0 Å². The second-order valence-corrected chi connectivity index (χ2v) is 4.57. The van der Waals surface area contributed by atoms with E-state index in [4.69, 9.17) is 9.47 Å². The molecular formula is C15H22N2O4. The van der Waals surface area contributed by atoms with Crippen LogP contribution in [0.4, 0.5) is 0 Å². The van der Waals surface area contributed by atoms with Crippen LogP contribution in [0.25, 0.3) is 0 Å². The molecule has 0 saturated carbocycles. The first-order valence-electron chi connectivity index (χ1n) is 6.87. The third-order valence-electron chi connectivity index (χ3n) is 2.70. The van der Waals surface area contributed by atoms with E-state index in [1.165, 1.54) is 0 Å². The van der Waals surface area contributed by atoms with Crippen molar-refractivity contribution in [1.82, 2.24) is 10.6 Å². The maximum absolute atomic E-state index is 11.6. The number of amides is 2. The minimum atomic E-state index is -0.357. The van der Waals surface area contributed by atoms with Gasteiger partial charge < -0.3 is 20.1 Å². The lowest BCUT2D eigenvalue weighted by atomic mass is 10.2. The van der Waals surface area contributed by atoms with Crippen LogP contribution in [0.2, 0.25) is 0 Å². The van der Waals surface area contributed by atoms with Crippen molar-refractivity contribution < 1.29 is 19.1 Å². The van der Waals surface area contributed by atoms with Gasteiger partial charge in [-0.15, -0.1) is 0 Å². The fraction of sp³-hybridized carbons (Fsp3) is 0.467. The number of carbonyl (C=O) groups is 2. The van der Waals surface area contributed by atoms with E-state index in [9.17, 15) is 9.59 Å². The normalized spacial score (nSPS) is 9.86. The van der Waals surface area contributed by atoms with Crippen LogP contribution in [0.1, 0.15) is 18.9 Å². The number of benzene rings is 1. The summed E-state index contributed by atoms with van der Waals surface area (Å²) in [6.45, 7) is 4.29. The van der Waals surface area contributed by atoms with Crippen LogP contribution in [0, 0.1) is 6.92 Å². The fourth-order valence-electron chi connectivity index (χ4n) is 1.59. The summed E-state index contributed by atoms with van der Waals surface area (Å²) in [5.41, 5.74) is 1.04. The van der Waals surface area contributed by atoms with Crippen LogP contribution in [-0.4, -0.2) is 38.6 Å². The van der Waals surface area contributed by atoms with Gasteiger partial charge in [-0.05, 0) is 31.0 Å². The molecule has 0 fully saturated rings. The molecular weight excluding hydrogens is 272 g/mol. The summed E-state index contributed by atoms with van der Waals surface area (Å²) in [7, 11) is 1.54. The number of carbonyl (C=O) groups excluding carboxylic acids is 2. The molecule has 0 heterocycles. The quantitative estimate of drug-likeness (QED) is 0.750. The van der Waals surface area contributed by atoms with Crippen molar-refractivity contribution in [3.05, 3.63) is 23.8 Å². The predicted molar refractivity (Wildman–Crippen MR) is 79.5 cm³/mol. The average molecular weight is 294 g/mol. The first-order chi connectivity index (χ1) is 10.1. The Balaban J connectivity index is 2.38. The molecule has 0 atom stereocenters. The SMILES string of the molecule is CCCNC(=O)CNC(=O)COc1ccc(C)cc1OC. The molecule has 0 aromatic heterocycles. The lowest BCUT2D eigenvalue weighted by Gasteiger charge is -2.11. The summed E-state index contributed by atoms with van der Waals surface area (Å²) in [6, 6.07) is 5.44. The Kier molecular flexibility index (Phi) is 7.08.